The van der Waals surface area contributed by atoms with Crippen LogP contribution >= 0.6 is 0 Å². The lowest BCUT2D eigenvalue weighted by molar-refractivity contribution is -0.122. The third-order valence-electron chi connectivity index (χ3n) is 4.07. The van der Waals surface area contributed by atoms with Gasteiger partial charge in [0.15, 0.2) is 0 Å². The van der Waals surface area contributed by atoms with Crippen LogP contribution in [0.15, 0.2) is 65.3 Å². The van der Waals surface area contributed by atoms with E-state index in [1.165, 1.54) is 10.8 Å². The number of benzene rings is 2. The van der Waals surface area contributed by atoms with Crippen LogP contribution in [0.4, 0.5) is 0 Å². The highest BCUT2D eigenvalue weighted by Crippen LogP contribution is 2.20. The predicted octanol–water partition coefficient (Wildman–Crippen LogP) is 3.74. The number of carbonyl (C=O) groups excluding carboxylic acids is 1. The van der Waals surface area contributed by atoms with Crippen molar-refractivity contribution in [2.75, 3.05) is 13.6 Å². The van der Waals surface area contributed by atoms with Gasteiger partial charge in [-0.25, -0.2) is 0 Å². The van der Waals surface area contributed by atoms with Gasteiger partial charge in [0.25, 0.3) is 0 Å². The number of amides is 1. The predicted molar refractivity (Wildman–Crippen MR) is 95.5 cm³/mol. The van der Waals surface area contributed by atoms with E-state index in [4.69, 9.17) is 4.42 Å². The van der Waals surface area contributed by atoms with Gasteiger partial charge in [0.05, 0.1) is 25.4 Å². The minimum absolute atomic E-state index is 0.00437. The molecule has 0 fully saturated rings. The summed E-state index contributed by atoms with van der Waals surface area (Å²) < 4.78 is 5.30. The van der Waals surface area contributed by atoms with Crippen molar-refractivity contribution in [1.82, 2.24) is 10.2 Å². The van der Waals surface area contributed by atoms with Crippen LogP contribution in [0.2, 0.25) is 0 Å². The molecule has 3 aromatic rings. The van der Waals surface area contributed by atoms with E-state index in [9.17, 15) is 4.79 Å². The van der Waals surface area contributed by atoms with E-state index in [2.05, 4.69) is 35.6 Å². The molecule has 0 saturated carbocycles. The van der Waals surface area contributed by atoms with Gasteiger partial charge in [0.1, 0.15) is 5.76 Å². The van der Waals surface area contributed by atoms with Crippen molar-refractivity contribution >= 4 is 16.7 Å². The Kier molecular flexibility index (Phi) is 4.96. The van der Waals surface area contributed by atoms with E-state index in [-0.39, 0.29) is 11.9 Å². The van der Waals surface area contributed by atoms with Gasteiger partial charge in [-0.15, -0.1) is 0 Å². The molecule has 4 heteroatoms. The highest BCUT2D eigenvalue weighted by atomic mass is 16.3. The number of nitrogens with zero attached hydrogens (tertiary/aromatic N) is 1. The number of carbonyl (C=O) groups is 1. The van der Waals surface area contributed by atoms with Crippen molar-refractivity contribution in [3.05, 3.63) is 72.2 Å². The lowest BCUT2D eigenvalue weighted by Gasteiger charge is -2.19. The van der Waals surface area contributed by atoms with Crippen molar-refractivity contribution in [1.29, 1.82) is 0 Å². The highest BCUT2D eigenvalue weighted by molar-refractivity contribution is 5.83. The molecule has 1 unspecified atom stereocenters. The molecule has 4 nitrogen and oxygen atoms in total. The summed E-state index contributed by atoms with van der Waals surface area (Å²) in [5, 5.41) is 5.45. The Labute approximate surface area is 142 Å². The quantitative estimate of drug-likeness (QED) is 0.752. The lowest BCUT2D eigenvalue weighted by Crippen LogP contribution is -2.36. The monoisotopic (exact) mass is 322 g/mol. The first-order valence-electron chi connectivity index (χ1n) is 8.11. The molecule has 1 aromatic heterocycles. The molecule has 0 aliphatic heterocycles. The molecule has 0 bridgehead atoms. The second-order valence-corrected chi connectivity index (χ2v) is 6.15. The third-order valence-corrected chi connectivity index (χ3v) is 4.07. The number of fused-ring (bicyclic) bond motifs is 1. The Morgan fingerprint density at radius 1 is 1.12 bits per heavy atom. The average Bonchev–Trinajstić information content (AvgIpc) is 3.06. The Morgan fingerprint density at radius 3 is 2.67 bits per heavy atom. The molecule has 1 N–H and O–H groups in total. The van der Waals surface area contributed by atoms with Gasteiger partial charge in [-0.3, -0.25) is 9.69 Å². The first-order chi connectivity index (χ1) is 11.6. The van der Waals surface area contributed by atoms with Crippen LogP contribution in [-0.2, 0) is 11.3 Å². The topological polar surface area (TPSA) is 45.5 Å². The molecule has 0 radical (unpaired) electrons. The highest BCUT2D eigenvalue weighted by Gasteiger charge is 2.13. The molecule has 2 aromatic carbocycles. The van der Waals surface area contributed by atoms with Gasteiger partial charge < -0.3 is 9.73 Å². The summed E-state index contributed by atoms with van der Waals surface area (Å²) in [4.78, 5) is 14.2. The molecule has 24 heavy (non-hydrogen) atoms. The standard InChI is InChI=1S/C20H22N2O2/c1-15(17-10-9-16-6-3-4-7-18(16)12-17)21-20(23)14-22(2)13-19-8-5-11-24-19/h3-12,15H,13-14H2,1-2H3,(H,21,23). The summed E-state index contributed by atoms with van der Waals surface area (Å²) in [6.45, 7) is 2.96. The number of hydrogen-bond donors (Lipinski definition) is 1. The van der Waals surface area contributed by atoms with Crippen molar-refractivity contribution in [2.45, 2.75) is 19.5 Å². The van der Waals surface area contributed by atoms with Crippen LogP contribution in [-0.4, -0.2) is 24.4 Å². The van der Waals surface area contributed by atoms with E-state index in [1.807, 2.05) is 43.1 Å². The maximum atomic E-state index is 12.2. The third kappa shape index (κ3) is 4.03. The van der Waals surface area contributed by atoms with Gasteiger partial charge in [0.2, 0.25) is 5.91 Å². The zero-order chi connectivity index (χ0) is 16.9. The van der Waals surface area contributed by atoms with Gasteiger partial charge in [0, 0.05) is 0 Å². The normalized spacial score (nSPS) is 12.5. The summed E-state index contributed by atoms with van der Waals surface area (Å²) in [7, 11) is 1.91. The molecular weight excluding hydrogens is 300 g/mol. The van der Waals surface area contributed by atoms with Gasteiger partial charge in [-0.1, -0.05) is 36.4 Å². The van der Waals surface area contributed by atoms with Crippen molar-refractivity contribution in [3.63, 3.8) is 0 Å². The van der Waals surface area contributed by atoms with E-state index in [0.717, 1.165) is 11.3 Å². The van der Waals surface area contributed by atoms with E-state index in [1.54, 1.807) is 6.26 Å². The van der Waals surface area contributed by atoms with Gasteiger partial charge in [-0.05, 0) is 48.5 Å². The zero-order valence-electron chi connectivity index (χ0n) is 14.0. The summed E-state index contributed by atoms with van der Waals surface area (Å²) in [5.41, 5.74) is 1.11. The molecule has 0 aliphatic rings. The van der Waals surface area contributed by atoms with Crippen LogP contribution < -0.4 is 5.32 Å². The molecule has 1 heterocycles. The van der Waals surface area contributed by atoms with E-state index >= 15 is 0 Å². The summed E-state index contributed by atoms with van der Waals surface area (Å²) in [6, 6.07) is 18.3. The molecule has 1 atom stereocenters. The first-order valence-corrected chi connectivity index (χ1v) is 8.11. The zero-order valence-corrected chi connectivity index (χ0v) is 14.0. The lowest BCUT2D eigenvalue weighted by atomic mass is 10.0. The van der Waals surface area contributed by atoms with Crippen LogP contribution in [0, 0.1) is 0 Å². The molecular formula is C20H22N2O2. The fourth-order valence-electron chi connectivity index (χ4n) is 2.82. The maximum absolute atomic E-state index is 12.2. The summed E-state index contributed by atoms with van der Waals surface area (Å²) in [5.74, 6) is 0.859. The molecule has 124 valence electrons. The van der Waals surface area contributed by atoms with E-state index in [0.29, 0.717) is 13.1 Å². The van der Waals surface area contributed by atoms with Crippen molar-refractivity contribution in [2.24, 2.45) is 0 Å². The number of likely N-dealkylation sites (N-methyl/N-ethyl adjacent to an activating group) is 1. The van der Waals surface area contributed by atoms with Crippen LogP contribution in [0.5, 0.6) is 0 Å². The molecule has 3 rings (SSSR count). The van der Waals surface area contributed by atoms with Gasteiger partial charge >= 0.3 is 0 Å². The maximum Gasteiger partial charge on any atom is 0.234 e. The number of rotatable bonds is 6. The minimum Gasteiger partial charge on any atom is -0.468 e. The largest absolute Gasteiger partial charge is 0.468 e. The average molecular weight is 322 g/mol. The molecule has 0 saturated heterocycles. The Bertz CT molecular complexity index is 811. The number of hydrogen-bond acceptors (Lipinski definition) is 3. The number of nitrogens with one attached hydrogen (secondary N) is 1. The molecule has 0 spiro atoms. The van der Waals surface area contributed by atoms with Crippen LogP contribution in [0.25, 0.3) is 10.8 Å². The first kappa shape index (κ1) is 16.3. The van der Waals surface area contributed by atoms with Crippen molar-refractivity contribution in [3.8, 4) is 0 Å². The Balaban J connectivity index is 1.58. The second kappa shape index (κ2) is 7.32. The smallest absolute Gasteiger partial charge is 0.234 e. The van der Waals surface area contributed by atoms with Gasteiger partial charge in [-0.2, -0.15) is 0 Å². The Morgan fingerprint density at radius 2 is 1.92 bits per heavy atom. The van der Waals surface area contributed by atoms with Crippen LogP contribution in [0.1, 0.15) is 24.3 Å². The fraction of sp³-hybridized carbons (Fsp3) is 0.250. The minimum atomic E-state index is -0.0286. The fourth-order valence-corrected chi connectivity index (χ4v) is 2.82. The molecule has 0 aliphatic carbocycles. The summed E-state index contributed by atoms with van der Waals surface area (Å²) >= 11 is 0. The van der Waals surface area contributed by atoms with E-state index < -0.39 is 0 Å². The second-order valence-electron chi connectivity index (χ2n) is 6.15. The summed E-state index contributed by atoms with van der Waals surface area (Å²) in [6.07, 6.45) is 1.64. The van der Waals surface area contributed by atoms with Crippen LogP contribution in [0.3, 0.4) is 0 Å². The SMILES string of the molecule is CC(NC(=O)CN(C)Cc1ccco1)c1ccc2ccccc2c1. The Hall–Kier alpha value is -2.59. The van der Waals surface area contributed by atoms with Crippen molar-refractivity contribution < 1.29 is 9.21 Å². The number of furan rings is 1. The molecule has 1 amide bonds.